The summed E-state index contributed by atoms with van der Waals surface area (Å²) >= 11 is 1.42. The van der Waals surface area contributed by atoms with E-state index >= 15 is 0 Å². The first-order chi connectivity index (χ1) is 12.5. The Labute approximate surface area is 155 Å². The Hall–Kier alpha value is -2.25. The van der Waals surface area contributed by atoms with Crippen LogP contribution in [0.3, 0.4) is 0 Å². The molecule has 3 aromatic rings. The molecule has 0 radical (unpaired) electrons. The Morgan fingerprint density at radius 1 is 1.15 bits per heavy atom. The molecular formula is C19H21FN4OS. The lowest BCUT2D eigenvalue weighted by Gasteiger charge is -2.35. The number of hydrogen-bond acceptors (Lipinski definition) is 5. The van der Waals surface area contributed by atoms with Crippen molar-refractivity contribution in [1.29, 1.82) is 0 Å². The number of anilines is 1. The van der Waals surface area contributed by atoms with E-state index in [9.17, 15) is 9.18 Å². The molecule has 136 valence electrons. The number of pyridine rings is 1. The molecule has 1 aliphatic heterocycles. The maximum absolute atomic E-state index is 14.0. The van der Waals surface area contributed by atoms with Gasteiger partial charge < -0.3 is 4.90 Å². The maximum Gasteiger partial charge on any atom is 0.271 e. The molecule has 1 aromatic carbocycles. The molecule has 5 nitrogen and oxygen atoms in total. The van der Waals surface area contributed by atoms with Crippen molar-refractivity contribution in [2.75, 3.05) is 31.1 Å². The third-order valence-corrected chi connectivity index (χ3v) is 5.81. The quantitative estimate of drug-likeness (QED) is 0.709. The van der Waals surface area contributed by atoms with Crippen molar-refractivity contribution in [3.63, 3.8) is 0 Å². The first kappa shape index (κ1) is 17.2. The van der Waals surface area contributed by atoms with Gasteiger partial charge in [-0.1, -0.05) is 12.1 Å². The molecule has 4 rings (SSSR count). The van der Waals surface area contributed by atoms with Crippen molar-refractivity contribution in [3.8, 4) is 0 Å². The van der Waals surface area contributed by atoms with Crippen LogP contribution in [0.4, 0.5) is 10.1 Å². The van der Waals surface area contributed by atoms with Crippen LogP contribution >= 0.6 is 11.5 Å². The Kier molecular flexibility index (Phi) is 4.50. The predicted octanol–water partition coefficient (Wildman–Crippen LogP) is 2.99. The molecule has 1 saturated heterocycles. The van der Waals surface area contributed by atoms with E-state index in [0.29, 0.717) is 12.4 Å². The van der Waals surface area contributed by atoms with E-state index in [1.54, 1.807) is 10.0 Å². The van der Waals surface area contributed by atoms with Gasteiger partial charge in [0.1, 0.15) is 10.6 Å². The summed E-state index contributed by atoms with van der Waals surface area (Å²) in [5, 5.41) is 0.727. The molecule has 0 aliphatic carbocycles. The number of halogens is 1. The summed E-state index contributed by atoms with van der Waals surface area (Å²) in [5.74, 6) is -0.182. The van der Waals surface area contributed by atoms with Crippen molar-refractivity contribution in [2.24, 2.45) is 0 Å². The van der Waals surface area contributed by atoms with Gasteiger partial charge in [0.25, 0.3) is 5.56 Å². The summed E-state index contributed by atoms with van der Waals surface area (Å²) in [6.45, 7) is 7.55. The molecule has 0 amide bonds. The van der Waals surface area contributed by atoms with E-state index in [1.165, 1.54) is 17.6 Å². The van der Waals surface area contributed by atoms with E-state index < -0.39 is 0 Å². The Balaban J connectivity index is 1.49. The molecule has 1 aliphatic rings. The van der Waals surface area contributed by atoms with Gasteiger partial charge >= 0.3 is 0 Å². The summed E-state index contributed by atoms with van der Waals surface area (Å²) in [7, 11) is 0. The fraction of sp³-hybridized carbons (Fsp3) is 0.368. The highest BCUT2D eigenvalue weighted by molar-refractivity contribution is 7.13. The predicted molar refractivity (Wildman–Crippen MR) is 104 cm³/mol. The fourth-order valence-electron chi connectivity index (χ4n) is 3.51. The average Bonchev–Trinajstić information content (AvgIpc) is 2.92. The van der Waals surface area contributed by atoms with Crippen molar-refractivity contribution in [2.45, 2.75) is 20.5 Å². The minimum absolute atomic E-state index is 0.0338. The highest BCUT2D eigenvalue weighted by Gasteiger charge is 2.21. The highest BCUT2D eigenvalue weighted by Crippen LogP contribution is 2.22. The number of aryl methyl sites for hydroxylation is 2. The van der Waals surface area contributed by atoms with Crippen LogP contribution in [0.5, 0.6) is 0 Å². The van der Waals surface area contributed by atoms with Gasteiger partial charge in [0.15, 0.2) is 0 Å². The summed E-state index contributed by atoms with van der Waals surface area (Å²) < 4.78 is 15.7. The number of para-hydroxylation sites is 1. The van der Waals surface area contributed by atoms with Gasteiger partial charge in [0.2, 0.25) is 0 Å². The van der Waals surface area contributed by atoms with Crippen LogP contribution in [0.1, 0.15) is 11.3 Å². The van der Waals surface area contributed by atoms with E-state index in [0.717, 1.165) is 47.7 Å². The molecule has 26 heavy (non-hydrogen) atoms. The molecule has 0 unspecified atom stereocenters. The Bertz CT molecular complexity index is 1000. The standard InChI is InChI=1S/C19H21FN4OS/c1-13-11-14(2)21-18-17(13)19(25)24(26-18)12-22-7-9-23(10-8-22)16-6-4-3-5-15(16)20/h3-6,11H,7-10,12H2,1-2H3. The highest BCUT2D eigenvalue weighted by atomic mass is 32.1. The number of benzene rings is 1. The minimum atomic E-state index is -0.182. The third-order valence-electron chi connectivity index (χ3n) is 4.84. The molecule has 1 fully saturated rings. The monoisotopic (exact) mass is 372 g/mol. The first-order valence-electron chi connectivity index (χ1n) is 8.73. The third kappa shape index (κ3) is 3.12. The SMILES string of the molecule is Cc1cc(C)c2c(=O)n(CN3CCN(c4ccccc4F)CC3)sc2n1. The topological polar surface area (TPSA) is 41.4 Å². The van der Waals surface area contributed by atoms with Crippen molar-refractivity contribution >= 4 is 27.4 Å². The van der Waals surface area contributed by atoms with Gasteiger partial charge in [-0.2, -0.15) is 0 Å². The van der Waals surface area contributed by atoms with Gasteiger partial charge in [-0.15, -0.1) is 0 Å². The second-order valence-corrected chi connectivity index (χ2v) is 7.74. The van der Waals surface area contributed by atoms with Crippen LogP contribution in [-0.2, 0) is 6.67 Å². The zero-order chi connectivity index (χ0) is 18.3. The lowest BCUT2D eigenvalue weighted by Crippen LogP contribution is -2.47. The number of hydrogen-bond donors (Lipinski definition) is 0. The first-order valence-corrected chi connectivity index (χ1v) is 9.50. The largest absolute Gasteiger partial charge is 0.367 e. The Morgan fingerprint density at radius 2 is 1.88 bits per heavy atom. The number of piperazine rings is 1. The maximum atomic E-state index is 14.0. The molecule has 7 heteroatoms. The number of nitrogens with zero attached hydrogens (tertiary/aromatic N) is 4. The minimum Gasteiger partial charge on any atom is -0.367 e. The zero-order valence-corrected chi connectivity index (χ0v) is 15.7. The molecule has 3 heterocycles. The molecular weight excluding hydrogens is 351 g/mol. The van der Waals surface area contributed by atoms with Crippen LogP contribution in [-0.4, -0.2) is 40.0 Å². The summed E-state index contributed by atoms with van der Waals surface area (Å²) in [6.07, 6.45) is 0. The van der Waals surface area contributed by atoms with Gasteiger partial charge in [-0.3, -0.25) is 9.69 Å². The van der Waals surface area contributed by atoms with Crippen molar-refractivity contribution < 1.29 is 4.39 Å². The van der Waals surface area contributed by atoms with Gasteiger partial charge in [0, 0.05) is 31.9 Å². The summed E-state index contributed by atoms with van der Waals surface area (Å²) in [4.78, 5) is 22.3. The van der Waals surface area contributed by atoms with E-state index in [4.69, 9.17) is 0 Å². The number of rotatable bonds is 3. The van der Waals surface area contributed by atoms with Crippen LogP contribution < -0.4 is 10.5 Å². The molecule has 0 spiro atoms. The second kappa shape index (κ2) is 6.81. The van der Waals surface area contributed by atoms with E-state index in [-0.39, 0.29) is 11.4 Å². The van der Waals surface area contributed by atoms with Crippen molar-refractivity contribution in [1.82, 2.24) is 13.8 Å². The van der Waals surface area contributed by atoms with E-state index in [1.807, 2.05) is 32.0 Å². The van der Waals surface area contributed by atoms with Crippen LogP contribution in [0.15, 0.2) is 35.1 Å². The summed E-state index contributed by atoms with van der Waals surface area (Å²) in [6, 6.07) is 8.83. The van der Waals surface area contributed by atoms with Gasteiger partial charge in [0.05, 0.1) is 17.7 Å². The fourth-order valence-corrected chi connectivity index (χ4v) is 4.64. The van der Waals surface area contributed by atoms with Gasteiger partial charge in [-0.05, 0) is 49.1 Å². The normalized spacial score (nSPS) is 15.7. The lowest BCUT2D eigenvalue weighted by molar-refractivity contribution is 0.211. The molecule has 2 aromatic heterocycles. The van der Waals surface area contributed by atoms with Crippen LogP contribution in [0, 0.1) is 19.7 Å². The van der Waals surface area contributed by atoms with Gasteiger partial charge in [-0.25, -0.2) is 13.3 Å². The van der Waals surface area contributed by atoms with E-state index in [2.05, 4.69) is 14.8 Å². The van der Waals surface area contributed by atoms with Crippen molar-refractivity contribution in [3.05, 3.63) is 57.8 Å². The van der Waals surface area contributed by atoms with Crippen LogP contribution in [0.25, 0.3) is 10.2 Å². The smallest absolute Gasteiger partial charge is 0.271 e. The lowest BCUT2D eigenvalue weighted by atomic mass is 10.2. The molecule has 0 saturated carbocycles. The zero-order valence-electron chi connectivity index (χ0n) is 14.9. The average molecular weight is 372 g/mol. The molecule has 0 atom stereocenters. The molecule has 0 N–H and O–H groups in total. The summed E-state index contributed by atoms with van der Waals surface area (Å²) in [5.41, 5.74) is 2.60. The number of aromatic nitrogens is 2. The van der Waals surface area contributed by atoms with Crippen LogP contribution in [0.2, 0.25) is 0 Å². The Morgan fingerprint density at radius 3 is 2.62 bits per heavy atom. The molecule has 0 bridgehead atoms. The number of fused-ring (bicyclic) bond motifs is 1. The second-order valence-electron chi connectivity index (χ2n) is 6.73.